The summed E-state index contributed by atoms with van der Waals surface area (Å²) in [5.41, 5.74) is 0.617. The Bertz CT molecular complexity index is 1390. The first-order valence-corrected chi connectivity index (χ1v) is 10.6. The molecule has 0 atom stereocenters. The quantitative estimate of drug-likeness (QED) is 0.385. The van der Waals surface area contributed by atoms with E-state index in [1.807, 2.05) is 0 Å². The van der Waals surface area contributed by atoms with Gasteiger partial charge in [-0.3, -0.25) is 4.79 Å². The molecule has 3 aromatic carbocycles. The zero-order chi connectivity index (χ0) is 23.5. The third-order valence-electron chi connectivity index (χ3n) is 4.91. The molecule has 1 aromatic heterocycles. The van der Waals surface area contributed by atoms with Crippen molar-refractivity contribution in [2.24, 2.45) is 0 Å². The standard InChI is InChI=1S/C24H19BrN2O6/c1-30-16-10-15(11-17(13-16)31-2)22-26-20-7-5-4-6-18(20)23(28)27(22)33-24(29)14-8-9-21(32-3)19(25)12-14/h4-13H,1-3H3. The van der Waals surface area contributed by atoms with Gasteiger partial charge in [0.05, 0.1) is 42.3 Å². The van der Waals surface area contributed by atoms with E-state index < -0.39 is 11.5 Å². The molecule has 0 spiro atoms. The van der Waals surface area contributed by atoms with Crippen LogP contribution in [0.3, 0.4) is 0 Å². The number of halogens is 1. The number of hydrogen-bond donors (Lipinski definition) is 0. The molecule has 0 aliphatic rings. The van der Waals surface area contributed by atoms with Crippen molar-refractivity contribution in [3.8, 4) is 28.6 Å². The molecule has 0 unspecified atom stereocenters. The van der Waals surface area contributed by atoms with Crippen LogP contribution in [0, 0.1) is 0 Å². The van der Waals surface area contributed by atoms with E-state index in [0.717, 1.165) is 4.73 Å². The Morgan fingerprint density at radius 3 is 2.24 bits per heavy atom. The Balaban J connectivity index is 1.88. The number of fused-ring (bicyclic) bond motifs is 1. The van der Waals surface area contributed by atoms with Crippen LogP contribution < -0.4 is 24.6 Å². The van der Waals surface area contributed by atoms with E-state index in [0.29, 0.717) is 38.2 Å². The van der Waals surface area contributed by atoms with E-state index in [4.69, 9.17) is 19.0 Å². The van der Waals surface area contributed by atoms with Crippen molar-refractivity contribution in [2.75, 3.05) is 21.3 Å². The van der Waals surface area contributed by atoms with E-state index >= 15 is 0 Å². The highest BCUT2D eigenvalue weighted by Crippen LogP contribution is 2.29. The first kappa shape index (κ1) is 22.3. The molecular weight excluding hydrogens is 492 g/mol. The Kier molecular flexibility index (Phi) is 6.32. The number of hydrogen-bond acceptors (Lipinski definition) is 7. The predicted molar refractivity (Wildman–Crippen MR) is 126 cm³/mol. The molecule has 33 heavy (non-hydrogen) atoms. The minimum absolute atomic E-state index is 0.122. The molecule has 0 N–H and O–H groups in total. The average Bonchev–Trinajstić information content (AvgIpc) is 2.85. The lowest BCUT2D eigenvalue weighted by Gasteiger charge is -2.15. The van der Waals surface area contributed by atoms with Gasteiger partial charge in [0.15, 0.2) is 5.82 Å². The van der Waals surface area contributed by atoms with E-state index in [1.54, 1.807) is 60.7 Å². The normalized spacial score (nSPS) is 10.7. The molecule has 0 saturated heterocycles. The number of nitrogens with zero attached hydrogens (tertiary/aromatic N) is 2. The second-order valence-electron chi connectivity index (χ2n) is 6.88. The van der Waals surface area contributed by atoms with Crippen molar-refractivity contribution in [1.29, 1.82) is 0 Å². The molecule has 168 valence electrons. The van der Waals surface area contributed by atoms with E-state index in [1.165, 1.54) is 21.3 Å². The number of carbonyl (C=O) groups is 1. The van der Waals surface area contributed by atoms with Crippen LogP contribution in [0.1, 0.15) is 10.4 Å². The molecular formula is C24H19BrN2O6. The number of rotatable bonds is 6. The molecule has 0 radical (unpaired) electrons. The fourth-order valence-corrected chi connectivity index (χ4v) is 3.79. The second-order valence-corrected chi connectivity index (χ2v) is 7.74. The van der Waals surface area contributed by atoms with Gasteiger partial charge in [0.25, 0.3) is 5.56 Å². The molecule has 0 saturated carbocycles. The lowest BCUT2D eigenvalue weighted by molar-refractivity contribution is 0.0449. The average molecular weight is 511 g/mol. The van der Waals surface area contributed by atoms with Gasteiger partial charge >= 0.3 is 5.97 Å². The van der Waals surface area contributed by atoms with Gasteiger partial charge in [0, 0.05) is 11.6 Å². The van der Waals surface area contributed by atoms with Gasteiger partial charge in [-0.25, -0.2) is 9.78 Å². The van der Waals surface area contributed by atoms with Crippen LogP contribution in [0.2, 0.25) is 0 Å². The molecule has 0 aliphatic heterocycles. The van der Waals surface area contributed by atoms with Gasteiger partial charge in [-0.1, -0.05) is 12.1 Å². The lowest BCUT2D eigenvalue weighted by Crippen LogP contribution is -2.33. The largest absolute Gasteiger partial charge is 0.497 e. The topological polar surface area (TPSA) is 88.9 Å². The van der Waals surface area contributed by atoms with E-state index in [-0.39, 0.29) is 11.4 Å². The van der Waals surface area contributed by atoms with Crippen molar-refractivity contribution in [3.05, 3.63) is 81.1 Å². The summed E-state index contributed by atoms with van der Waals surface area (Å²) in [5.74, 6) is 0.915. The molecule has 9 heteroatoms. The summed E-state index contributed by atoms with van der Waals surface area (Å²) in [5, 5.41) is 0.305. The first-order chi connectivity index (χ1) is 15.9. The van der Waals surface area contributed by atoms with Gasteiger partial charge < -0.3 is 19.0 Å². The molecule has 0 amide bonds. The minimum Gasteiger partial charge on any atom is -0.497 e. The number of para-hydroxylation sites is 1. The van der Waals surface area contributed by atoms with Gasteiger partial charge in [-0.05, 0) is 58.4 Å². The maximum absolute atomic E-state index is 13.3. The smallest absolute Gasteiger partial charge is 0.363 e. The highest BCUT2D eigenvalue weighted by atomic mass is 79.9. The number of benzene rings is 3. The van der Waals surface area contributed by atoms with Crippen LogP contribution in [0.15, 0.2) is 69.9 Å². The minimum atomic E-state index is -0.742. The summed E-state index contributed by atoms with van der Waals surface area (Å²) in [6.45, 7) is 0. The van der Waals surface area contributed by atoms with Gasteiger partial charge in [0.2, 0.25) is 0 Å². The third-order valence-corrected chi connectivity index (χ3v) is 5.53. The predicted octanol–water partition coefficient (Wildman–Crippen LogP) is 4.12. The summed E-state index contributed by atoms with van der Waals surface area (Å²) in [7, 11) is 4.55. The number of ether oxygens (including phenoxy) is 3. The fraction of sp³-hybridized carbons (Fsp3) is 0.125. The Morgan fingerprint density at radius 2 is 1.61 bits per heavy atom. The first-order valence-electron chi connectivity index (χ1n) is 9.76. The summed E-state index contributed by atoms with van der Waals surface area (Å²) < 4.78 is 17.3. The van der Waals surface area contributed by atoms with E-state index in [2.05, 4.69) is 20.9 Å². The maximum atomic E-state index is 13.3. The van der Waals surface area contributed by atoms with Crippen molar-refractivity contribution in [2.45, 2.75) is 0 Å². The van der Waals surface area contributed by atoms with Crippen LogP contribution in [0.25, 0.3) is 22.3 Å². The van der Waals surface area contributed by atoms with E-state index in [9.17, 15) is 9.59 Å². The highest BCUT2D eigenvalue weighted by molar-refractivity contribution is 9.10. The summed E-state index contributed by atoms with van der Waals surface area (Å²) >= 11 is 3.35. The number of methoxy groups -OCH3 is 3. The van der Waals surface area contributed by atoms with Crippen LogP contribution in [0.5, 0.6) is 17.2 Å². The summed E-state index contributed by atoms with van der Waals surface area (Å²) in [6, 6.07) is 16.6. The van der Waals surface area contributed by atoms with Gasteiger partial charge in [-0.15, -0.1) is 4.73 Å². The highest BCUT2D eigenvalue weighted by Gasteiger charge is 2.20. The molecule has 0 aliphatic carbocycles. The molecule has 1 heterocycles. The summed E-state index contributed by atoms with van der Waals surface area (Å²) in [6.07, 6.45) is 0. The van der Waals surface area contributed by atoms with Crippen molar-refractivity contribution in [1.82, 2.24) is 9.71 Å². The molecule has 0 fully saturated rings. The zero-order valence-electron chi connectivity index (χ0n) is 18.0. The number of carbonyl (C=O) groups excluding carboxylic acids is 1. The molecule has 8 nitrogen and oxygen atoms in total. The number of aromatic nitrogens is 2. The van der Waals surface area contributed by atoms with Crippen molar-refractivity contribution >= 4 is 32.8 Å². The van der Waals surface area contributed by atoms with Gasteiger partial charge in [-0.2, -0.15) is 0 Å². The SMILES string of the molecule is COc1cc(OC)cc(-c2nc3ccccc3c(=O)n2OC(=O)c2ccc(OC)c(Br)c2)c1. The van der Waals surface area contributed by atoms with Crippen LogP contribution in [-0.4, -0.2) is 37.0 Å². The Morgan fingerprint density at radius 1 is 0.909 bits per heavy atom. The van der Waals surface area contributed by atoms with Crippen molar-refractivity contribution in [3.63, 3.8) is 0 Å². The Labute approximate surface area is 197 Å². The maximum Gasteiger partial charge on any atom is 0.363 e. The third kappa shape index (κ3) is 4.40. The second kappa shape index (κ2) is 9.33. The summed E-state index contributed by atoms with van der Waals surface area (Å²) in [4.78, 5) is 36.4. The zero-order valence-corrected chi connectivity index (χ0v) is 19.6. The van der Waals surface area contributed by atoms with Crippen LogP contribution in [0.4, 0.5) is 0 Å². The molecule has 4 aromatic rings. The van der Waals surface area contributed by atoms with Crippen molar-refractivity contribution < 1.29 is 23.8 Å². The fourth-order valence-electron chi connectivity index (χ4n) is 3.25. The monoisotopic (exact) mass is 510 g/mol. The molecule has 4 rings (SSSR count). The Hall–Kier alpha value is -3.85. The lowest BCUT2D eigenvalue weighted by atomic mass is 10.1. The van der Waals surface area contributed by atoms with Crippen LogP contribution >= 0.6 is 15.9 Å². The van der Waals surface area contributed by atoms with Crippen LogP contribution in [-0.2, 0) is 0 Å². The van der Waals surface area contributed by atoms with Gasteiger partial charge in [0.1, 0.15) is 17.2 Å². The molecule has 0 bridgehead atoms.